The number of hydrogen-bond acceptors (Lipinski definition) is 7. The molecule has 1 aliphatic rings. The van der Waals surface area contributed by atoms with Gasteiger partial charge in [-0.1, -0.05) is 12.1 Å². The molecule has 0 saturated heterocycles. The molecule has 1 aromatic carbocycles. The molecule has 1 heterocycles. The normalized spacial score (nSPS) is 14.3. The molecule has 0 spiro atoms. The van der Waals surface area contributed by atoms with Crippen molar-refractivity contribution in [1.29, 1.82) is 0 Å². The molecule has 1 aliphatic heterocycles. The lowest BCUT2D eigenvalue weighted by molar-refractivity contribution is -0.140. The van der Waals surface area contributed by atoms with Gasteiger partial charge in [-0.25, -0.2) is 9.59 Å². The molecular formula is C16H18N2O6. The summed E-state index contributed by atoms with van der Waals surface area (Å²) in [5.74, 6) is -1.77. The fraction of sp³-hybridized carbons (Fsp3) is 0.312. The van der Waals surface area contributed by atoms with E-state index in [1.54, 1.807) is 24.3 Å². The Labute approximate surface area is 138 Å². The first-order chi connectivity index (χ1) is 11.5. The van der Waals surface area contributed by atoms with Crippen molar-refractivity contribution in [2.45, 2.75) is 6.42 Å². The maximum Gasteiger partial charge on any atom is 0.355 e. The Morgan fingerprint density at radius 3 is 2.29 bits per heavy atom. The van der Waals surface area contributed by atoms with Gasteiger partial charge >= 0.3 is 11.9 Å². The van der Waals surface area contributed by atoms with E-state index in [4.69, 9.17) is 19.9 Å². The molecule has 2 N–H and O–H groups in total. The molecule has 8 nitrogen and oxygen atoms in total. The van der Waals surface area contributed by atoms with Crippen molar-refractivity contribution in [2.24, 2.45) is 5.73 Å². The number of carbonyl (C=O) groups excluding carboxylic acids is 3. The smallest absolute Gasteiger partial charge is 0.355 e. The van der Waals surface area contributed by atoms with Gasteiger partial charge in [-0.3, -0.25) is 4.79 Å². The fourth-order valence-corrected chi connectivity index (χ4v) is 2.34. The molecular weight excluding hydrogens is 316 g/mol. The monoisotopic (exact) mass is 334 g/mol. The minimum Gasteiger partial charge on any atom is -0.466 e. The maximum atomic E-state index is 12.1. The molecule has 0 aliphatic carbocycles. The third kappa shape index (κ3) is 3.72. The van der Waals surface area contributed by atoms with E-state index in [1.807, 2.05) is 0 Å². The van der Waals surface area contributed by atoms with E-state index < -0.39 is 17.8 Å². The molecule has 8 heteroatoms. The van der Waals surface area contributed by atoms with Gasteiger partial charge in [-0.15, -0.1) is 0 Å². The molecule has 1 aromatic rings. The maximum absolute atomic E-state index is 12.1. The zero-order valence-corrected chi connectivity index (χ0v) is 13.4. The van der Waals surface area contributed by atoms with Crippen LogP contribution in [0.3, 0.4) is 0 Å². The number of amides is 1. The lowest BCUT2D eigenvalue weighted by Crippen LogP contribution is -2.38. The lowest BCUT2D eigenvalue weighted by Gasteiger charge is -2.31. The molecule has 1 amide bonds. The third-order valence-electron chi connectivity index (χ3n) is 3.46. The van der Waals surface area contributed by atoms with Gasteiger partial charge in [0, 0.05) is 5.69 Å². The van der Waals surface area contributed by atoms with E-state index in [9.17, 15) is 14.4 Å². The molecule has 0 bridgehead atoms. The number of esters is 2. The summed E-state index contributed by atoms with van der Waals surface area (Å²) in [6, 6.07) is 6.82. The van der Waals surface area contributed by atoms with Crippen molar-refractivity contribution in [2.75, 3.05) is 32.5 Å². The second kappa shape index (κ2) is 7.60. The van der Waals surface area contributed by atoms with Crippen molar-refractivity contribution in [3.63, 3.8) is 0 Å². The molecule has 0 atom stereocenters. The van der Waals surface area contributed by atoms with Crippen LogP contribution in [0.1, 0.15) is 5.56 Å². The van der Waals surface area contributed by atoms with E-state index in [2.05, 4.69) is 0 Å². The average Bonchev–Trinajstić information content (AvgIpc) is 2.60. The summed E-state index contributed by atoms with van der Waals surface area (Å²) in [7, 11) is 2.45. The minimum atomic E-state index is -0.667. The summed E-state index contributed by atoms with van der Waals surface area (Å²) in [5.41, 5.74) is 6.65. The average molecular weight is 334 g/mol. The van der Waals surface area contributed by atoms with Crippen LogP contribution in [0.2, 0.25) is 0 Å². The highest BCUT2D eigenvalue weighted by atomic mass is 16.5. The number of nitrogens with two attached hydrogens (primary N) is 1. The number of hydrogen-bond donors (Lipinski definition) is 1. The second-order valence-electron chi connectivity index (χ2n) is 5.03. The van der Waals surface area contributed by atoms with Crippen LogP contribution in [0.15, 0.2) is 35.5 Å². The summed E-state index contributed by atoms with van der Waals surface area (Å²) in [5, 5.41) is 0. The van der Waals surface area contributed by atoms with Crippen molar-refractivity contribution in [3.05, 3.63) is 41.1 Å². The number of benzene rings is 1. The van der Waals surface area contributed by atoms with Crippen molar-refractivity contribution < 1.29 is 28.6 Å². The molecule has 128 valence electrons. The molecule has 0 unspecified atom stereocenters. The first-order valence-corrected chi connectivity index (χ1v) is 7.10. The third-order valence-corrected chi connectivity index (χ3v) is 3.46. The number of anilines is 1. The lowest BCUT2D eigenvalue weighted by atomic mass is 10.1. The van der Waals surface area contributed by atoms with Crippen LogP contribution in [-0.4, -0.2) is 45.4 Å². The second-order valence-corrected chi connectivity index (χ2v) is 5.03. The van der Waals surface area contributed by atoms with E-state index >= 15 is 0 Å². The number of primary amides is 1. The van der Waals surface area contributed by atoms with E-state index in [0.29, 0.717) is 5.69 Å². The highest BCUT2D eigenvalue weighted by molar-refractivity contribution is 6.03. The largest absolute Gasteiger partial charge is 0.466 e. The van der Waals surface area contributed by atoms with E-state index in [0.717, 1.165) is 5.56 Å². The van der Waals surface area contributed by atoms with E-state index in [1.165, 1.54) is 19.1 Å². The van der Waals surface area contributed by atoms with Crippen molar-refractivity contribution in [3.8, 4) is 0 Å². The molecule has 0 fully saturated rings. The Morgan fingerprint density at radius 2 is 1.75 bits per heavy atom. The van der Waals surface area contributed by atoms with Crippen LogP contribution >= 0.6 is 0 Å². The number of carbonyl (C=O) groups is 3. The van der Waals surface area contributed by atoms with Crippen molar-refractivity contribution in [1.82, 2.24) is 0 Å². The Morgan fingerprint density at radius 1 is 1.12 bits per heavy atom. The van der Waals surface area contributed by atoms with Crippen LogP contribution in [-0.2, 0) is 35.0 Å². The number of nitrogens with zero attached hydrogens (tertiary/aromatic N) is 1. The molecule has 24 heavy (non-hydrogen) atoms. The van der Waals surface area contributed by atoms with Crippen LogP contribution in [0.25, 0.3) is 0 Å². The predicted molar refractivity (Wildman–Crippen MR) is 83.7 cm³/mol. The quantitative estimate of drug-likeness (QED) is 0.761. The van der Waals surface area contributed by atoms with Gasteiger partial charge < -0.3 is 24.8 Å². The van der Waals surface area contributed by atoms with Crippen molar-refractivity contribution >= 4 is 23.5 Å². The van der Waals surface area contributed by atoms with Crippen LogP contribution in [0, 0.1) is 0 Å². The summed E-state index contributed by atoms with van der Waals surface area (Å²) < 4.78 is 14.9. The summed E-state index contributed by atoms with van der Waals surface area (Å²) >= 11 is 0. The van der Waals surface area contributed by atoms with Crippen LogP contribution in [0.5, 0.6) is 0 Å². The number of rotatable bonds is 5. The first kappa shape index (κ1) is 17.5. The molecule has 0 radical (unpaired) electrons. The summed E-state index contributed by atoms with van der Waals surface area (Å²) in [4.78, 5) is 36.5. The van der Waals surface area contributed by atoms with Gasteiger partial charge in [0.05, 0.1) is 32.8 Å². The predicted octanol–water partition coefficient (Wildman–Crippen LogP) is 0.109. The van der Waals surface area contributed by atoms with Gasteiger partial charge in [0.15, 0.2) is 0 Å². The minimum absolute atomic E-state index is 0.0482. The summed E-state index contributed by atoms with van der Waals surface area (Å²) in [6.07, 6.45) is 0.115. The van der Waals surface area contributed by atoms with Gasteiger partial charge in [-0.05, 0) is 17.7 Å². The molecule has 0 saturated carbocycles. The van der Waals surface area contributed by atoms with Gasteiger partial charge in [0.1, 0.15) is 12.4 Å². The Hall–Kier alpha value is -2.87. The zero-order valence-electron chi connectivity index (χ0n) is 13.4. The first-order valence-electron chi connectivity index (χ1n) is 7.10. The van der Waals surface area contributed by atoms with Gasteiger partial charge in [-0.2, -0.15) is 0 Å². The fourth-order valence-electron chi connectivity index (χ4n) is 2.34. The highest BCUT2D eigenvalue weighted by Crippen LogP contribution is 2.26. The zero-order chi connectivity index (χ0) is 17.7. The molecule has 0 aromatic heterocycles. The Bertz CT molecular complexity index is 680. The number of methoxy groups -OCH3 is 2. The highest BCUT2D eigenvalue weighted by Gasteiger charge is 2.32. The summed E-state index contributed by atoms with van der Waals surface area (Å²) in [6.45, 7) is 0.0213. The van der Waals surface area contributed by atoms with E-state index in [-0.39, 0.29) is 31.0 Å². The standard InChI is InChI=1S/C16H18N2O6/c1-22-15(20)12-8-24-9-18(14(12)16(21)23-2)11-5-3-10(4-6-11)7-13(17)19/h3-6H,7-9H2,1-2H3,(H2,17,19). The van der Waals surface area contributed by atoms with Gasteiger partial charge in [0.2, 0.25) is 5.91 Å². The van der Waals surface area contributed by atoms with Crippen LogP contribution < -0.4 is 10.6 Å². The van der Waals surface area contributed by atoms with Crippen LogP contribution in [0.4, 0.5) is 5.69 Å². The van der Waals surface area contributed by atoms with Gasteiger partial charge in [0.25, 0.3) is 0 Å². The Balaban J connectivity index is 2.41. The molecule has 2 rings (SSSR count). The topological polar surface area (TPSA) is 108 Å². The Kier molecular flexibility index (Phi) is 5.54. The SMILES string of the molecule is COC(=O)C1=C(C(=O)OC)N(c2ccc(CC(N)=O)cc2)COC1. The number of ether oxygens (including phenoxy) is 3.